The topological polar surface area (TPSA) is 42.7 Å². The Morgan fingerprint density at radius 2 is 2.00 bits per heavy atom. The van der Waals surface area contributed by atoms with Crippen LogP contribution in [0.2, 0.25) is 0 Å². The monoisotopic (exact) mass is 252 g/mol. The largest absolute Gasteiger partial charge is 0.307 e. The van der Waals surface area contributed by atoms with Crippen molar-refractivity contribution in [3.63, 3.8) is 0 Å². The standard InChI is InChI=1S/C15H16N4/c1-19-11-12(9-17-19)8-16-10-14-7-6-13-4-2-3-5-15(13)18-14/h2-7,9,11,16H,8,10H2,1H3. The molecule has 0 aliphatic rings. The summed E-state index contributed by atoms with van der Waals surface area (Å²) in [6.07, 6.45) is 3.89. The predicted octanol–water partition coefficient (Wildman–Crippen LogP) is 2.26. The van der Waals surface area contributed by atoms with Crippen molar-refractivity contribution in [1.82, 2.24) is 20.1 Å². The Morgan fingerprint density at radius 3 is 2.84 bits per heavy atom. The van der Waals surface area contributed by atoms with Gasteiger partial charge in [-0.3, -0.25) is 9.67 Å². The van der Waals surface area contributed by atoms with E-state index in [1.165, 1.54) is 10.9 Å². The first-order valence-corrected chi connectivity index (χ1v) is 6.34. The van der Waals surface area contributed by atoms with E-state index < -0.39 is 0 Å². The van der Waals surface area contributed by atoms with E-state index in [4.69, 9.17) is 0 Å². The van der Waals surface area contributed by atoms with Crippen LogP contribution in [0.4, 0.5) is 0 Å². The SMILES string of the molecule is Cn1cc(CNCc2ccc3ccccc3n2)cn1. The van der Waals surface area contributed by atoms with E-state index >= 15 is 0 Å². The Hall–Kier alpha value is -2.20. The maximum atomic E-state index is 4.63. The molecule has 3 rings (SSSR count). The number of hydrogen-bond acceptors (Lipinski definition) is 3. The lowest BCUT2D eigenvalue weighted by Crippen LogP contribution is -2.13. The summed E-state index contributed by atoms with van der Waals surface area (Å²) >= 11 is 0. The normalized spacial score (nSPS) is 11.0. The molecule has 0 atom stereocenters. The molecule has 0 aliphatic heterocycles. The number of aryl methyl sites for hydroxylation is 1. The van der Waals surface area contributed by atoms with Crippen LogP contribution in [0, 0.1) is 0 Å². The van der Waals surface area contributed by atoms with Crippen molar-refractivity contribution in [2.24, 2.45) is 7.05 Å². The maximum absolute atomic E-state index is 4.63. The fourth-order valence-electron chi connectivity index (χ4n) is 2.10. The summed E-state index contributed by atoms with van der Waals surface area (Å²) < 4.78 is 1.81. The predicted molar refractivity (Wildman–Crippen MR) is 75.5 cm³/mol. The highest BCUT2D eigenvalue weighted by atomic mass is 15.2. The van der Waals surface area contributed by atoms with Crippen LogP contribution in [0.1, 0.15) is 11.3 Å². The van der Waals surface area contributed by atoms with Crippen LogP contribution >= 0.6 is 0 Å². The third kappa shape index (κ3) is 2.80. The van der Waals surface area contributed by atoms with Gasteiger partial charge in [0.1, 0.15) is 0 Å². The van der Waals surface area contributed by atoms with Gasteiger partial charge in [-0.05, 0) is 12.1 Å². The zero-order valence-corrected chi connectivity index (χ0v) is 10.9. The number of hydrogen-bond donors (Lipinski definition) is 1. The third-order valence-electron chi connectivity index (χ3n) is 3.05. The molecule has 0 saturated carbocycles. The van der Waals surface area contributed by atoms with Crippen LogP contribution in [-0.4, -0.2) is 14.8 Å². The minimum atomic E-state index is 0.764. The second-order valence-corrected chi connectivity index (χ2v) is 4.62. The van der Waals surface area contributed by atoms with Gasteiger partial charge in [0, 0.05) is 37.3 Å². The van der Waals surface area contributed by atoms with Gasteiger partial charge in [0.25, 0.3) is 0 Å². The number of fused-ring (bicyclic) bond motifs is 1. The first-order valence-electron chi connectivity index (χ1n) is 6.34. The number of para-hydroxylation sites is 1. The number of aromatic nitrogens is 3. The van der Waals surface area contributed by atoms with Crippen molar-refractivity contribution in [2.45, 2.75) is 13.1 Å². The van der Waals surface area contributed by atoms with Gasteiger partial charge < -0.3 is 5.32 Å². The Morgan fingerprint density at radius 1 is 1.11 bits per heavy atom. The number of benzene rings is 1. The molecule has 4 heteroatoms. The molecule has 0 bridgehead atoms. The molecule has 96 valence electrons. The average Bonchev–Trinajstić information content (AvgIpc) is 2.84. The highest BCUT2D eigenvalue weighted by Crippen LogP contribution is 2.11. The number of rotatable bonds is 4. The van der Waals surface area contributed by atoms with Gasteiger partial charge in [-0.2, -0.15) is 5.10 Å². The second kappa shape index (κ2) is 5.20. The summed E-state index contributed by atoms with van der Waals surface area (Å²) in [6.45, 7) is 1.57. The van der Waals surface area contributed by atoms with E-state index in [0.29, 0.717) is 0 Å². The van der Waals surface area contributed by atoms with Crippen molar-refractivity contribution >= 4 is 10.9 Å². The van der Waals surface area contributed by atoms with Crippen molar-refractivity contribution in [2.75, 3.05) is 0 Å². The van der Waals surface area contributed by atoms with Crippen molar-refractivity contribution in [3.8, 4) is 0 Å². The molecule has 1 N–H and O–H groups in total. The van der Waals surface area contributed by atoms with Crippen LogP contribution in [0.15, 0.2) is 48.8 Å². The van der Waals surface area contributed by atoms with Gasteiger partial charge >= 0.3 is 0 Å². The van der Waals surface area contributed by atoms with Gasteiger partial charge in [-0.15, -0.1) is 0 Å². The summed E-state index contributed by atoms with van der Waals surface area (Å²) in [4.78, 5) is 4.63. The summed E-state index contributed by atoms with van der Waals surface area (Å²) in [6, 6.07) is 12.4. The minimum absolute atomic E-state index is 0.764. The smallest absolute Gasteiger partial charge is 0.0705 e. The molecule has 0 aliphatic carbocycles. The molecule has 2 aromatic heterocycles. The first kappa shape index (κ1) is 11.9. The molecule has 19 heavy (non-hydrogen) atoms. The Balaban J connectivity index is 1.65. The quantitative estimate of drug-likeness (QED) is 0.774. The molecule has 0 fully saturated rings. The van der Waals surface area contributed by atoms with Gasteiger partial charge in [-0.25, -0.2) is 0 Å². The van der Waals surface area contributed by atoms with Crippen LogP contribution in [-0.2, 0) is 20.1 Å². The molecule has 2 heterocycles. The summed E-state index contributed by atoms with van der Waals surface area (Å²) in [5.41, 5.74) is 3.29. The molecule has 0 saturated heterocycles. The third-order valence-corrected chi connectivity index (χ3v) is 3.05. The van der Waals surface area contributed by atoms with Gasteiger partial charge in [0.05, 0.1) is 17.4 Å². The lowest BCUT2D eigenvalue weighted by Gasteiger charge is -2.04. The van der Waals surface area contributed by atoms with E-state index in [2.05, 4.69) is 33.6 Å². The van der Waals surface area contributed by atoms with Crippen molar-refractivity contribution in [1.29, 1.82) is 0 Å². The number of nitrogens with one attached hydrogen (secondary N) is 1. The molecule has 1 aromatic carbocycles. The van der Waals surface area contributed by atoms with E-state index in [1.807, 2.05) is 42.3 Å². The van der Waals surface area contributed by atoms with Crippen LogP contribution in [0.5, 0.6) is 0 Å². The van der Waals surface area contributed by atoms with Crippen LogP contribution in [0.3, 0.4) is 0 Å². The summed E-state index contributed by atoms with van der Waals surface area (Å²) in [5.74, 6) is 0. The lowest BCUT2D eigenvalue weighted by atomic mass is 10.2. The number of nitrogens with zero attached hydrogens (tertiary/aromatic N) is 3. The van der Waals surface area contributed by atoms with Crippen LogP contribution in [0.25, 0.3) is 10.9 Å². The highest BCUT2D eigenvalue weighted by molar-refractivity contribution is 5.78. The Kier molecular flexibility index (Phi) is 3.25. The Labute approximate surface area is 112 Å². The van der Waals surface area contributed by atoms with Gasteiger partial charge in [0.15, 0.2) is 0 Å². The lowest BCUT2D eigenvalue weighted by molar-refractivity contribution is 0.680. The molecule has 0 amide bonds. The van der Waals surface area contributed by atoms with E-state index in [1.54, 1.807) is 0 Å². The maximum Gasteiger partial charge on any atom is 0.0705 e. The van der Waals surface area contributed by atoms with Gasteiger partial charge in [-0.1, -0.05) is 24.3 Å². The zero-order chi connectivity index (χ0) is 13.1. The molecular formula is C15H16N4. The number of pyridine rings is 1. The molecular weight excluding hydrogens is 236 g/mol. The van der Waals surface area contributed by atoms with E-state index in [0.717, 1.165) is 24.3 Å². The van der Waals surface area contributed by atoms with Crippen LogP contribution < -0.4 is 5.32 Å². The van der Waals surface area contributed by atoms with Crippen molar-refractivity contribution in [3.05, 3.63) is 60.0 Å². The van der Waals surface area contributed by atoms with E-state index in [9.17, 15) is 0 Å². The summed E-state index contributed by atoms with van der Waals surface area (Å²) in [7, 11) is 1.92. The molecule has 3 aromatic rings. The van der Waals surface area contributed by atoms with E-state index in [-0.39, 0.29) is 0 Å². The second-order valence-electron chi connectivity index (χ2n) is 4.62. The molecule has 4 nitrogen and oxygen atoms in total. The fraction of sp³-hybridized carbons (Fsp3) is 0.200. The fourth-order valence-corrected chi connectivity index (χ4v) is 2.10. The molecule has 0 spiro atoms. The minimum Gasteiger partial charge on any atom is -0.307 e. The molecule has 0 unspecified atom stereocenters. The first-order chi connectivity index (χ1) is 9.31. The zero-order valence-electron chi connectivity index (χ0n) is 10.9. The Bertz CT molecular complexity index is 687. The molecule has 0 radical (unpaired) electrons. The average molecular weight is 252 g/mol. The van der Waals surface area contributed by atoms with Gasteiger partial charge in [0.2, 0.25) is 0 Å². The van der Waals surface area contributed by atoms with Crippen molar-refractivity contribution < 1.29 is 0 Å². The highest BCUT2D eigenvalue weighted by Gasteiger charge is 1.99. The summed E-state index contributed by atoms with van der Waals surface area (Å²) in [5, 5.41) is 8.70.